The summed E-state index contributed by atoms with van der Waals surface area (Å²) in [5, 5.41) is 0.856. The Bertz CT molecular complexity index is 435. The maximum Gasteiger partial charge on any atom is 0.178 e. The Kier molecular flexibility index (Phi) is 5.67. The van der Waals surface area contributed by atoms with Crippen LogP contribution in [0.4, 0.5) is 0 Å². The second kappa shape index (κ2) is 6.55. The minimum Gasteiger partial charge on any atom is -0.224 e. The third-order valence-electron chi connectivity index (χ3n) is 2.70. The standard InChI is InChI=1S/C13H19BrO2S/c1-11(2)12-5-7-13(8-6-12)17(15,16)10-4-3-9-14/h5-8,11H,3-4,9-10H2,1-2H3. The molecule has 96 valence electrons. The molecule has 0 radical (unpaired) electrons. The Morgan fingerprint density at radius 3 is 2.18 bits per heavy atom. The fourth-order valence-corrected chi connectivity index (χ4v) is 3.33. The Hall–Kier alpha value is -0.350. The molecule has 0 amide bonds. The number of hydrogen-bond donors (Lipinski definition) is 0. The van der Waals surface area contributed by atoms with Crippen molar-refractivity contribution in [3.63, 3.8) is 0 Å². The lowest BCUT2D eigenvalue weighted by molar-refractivity contribution is 0.593. The molecule has 0 saturated heterocycles. The summed E-state index contributed by atoms with van der Waals surface area (Å²) in [6.07, 6.45) is 1.60. The van der Waals surface area contributed by atoms with Gasteiger partial charge in [-0.25, -0.2) is 8.42 Å². The van der Waals surface area contributed by atoms with E-state index < -0.39 is 9.84 Å². The maximum atomic E-state index is 12.0. The molecule has 0 N–H and O–H groups in total. The SMILES string of the molecule is CC(C)c1ccc(S(=O)(=O)CCCCBr)cc1. The third kappa shape index (κ3) is 4.43. The fraction of sp³-hybridized carbons (Fsp3) is 0.538. The van der Waals surface area contributed by atoms with Crippen molar-refractivity contribution < 1.29 is 8.42 Å². The van der Waals surface area contributed by atoms with Crippen molar-refractivity contribution in [3.8, 4) is 0 Å². The van der Waals surface area contributed by atoms with Crippen LogP contribution in [-0.4, -0.2) is 19.5 Å². The average molecular weight is 319 g/mol. The Balaban J connectivity index is 2.78. The first-order chi connectivity index (χ1) is 7.97. The molecule has 2 nitrogen and oxygen atoms in total. The van der Waals surface area contributed by atoms with Crippen LogP contribution in [0.5, 0.6) is 0 Å². The molecular weight excluding hydrogens is 300 g/mol. The van der Waals surface area contributed by atoms with Crippen molar-refractivity contribution in [3.05, 3.63) is 29.8 Å². The van der Waals surface area contributed by atoms with E-state index >= 15 is 0 Å². The molecule has 0 bridgehead atoms. The molecule has 17 heavy (non-hydrogen) atoms. The number of benzene rings is 1. The molecule has 0 atom stereocenters. The summed E-state index contributed by atoms with van der Waals surface area (Å²) in [6.45, 7) is 4.19. The second-order valence-corrected chi connectivity index (χ2v) is 7.34. The van der Waals surface area contributed by atoms with Gasteiger partial charge < -0.3 is 0 Å². The smallest absolute Gasteiger partial charge is 0.178 e. The van der Waals surface area contributed by atoms with E-state index in [0.29, 0.717) is 17.2 Å². The normalized spacial score (nSPS) is 12.0. The number of halogens is 1. The van der Waals surface area contributed by atoms with Gasteiger partial charge in [0.2, 0.25) is 0 Å². The third-order valence-corrected chi connectivity index (χ3v) is 5.08. The molecule has 1 aromatic rings. The summed E-state index contributed by atoms with van der Waals surface area (Å²) in [5.41, 5.74) is 1.17. The van der Waals surface area contributed by atoms with Crippen LogP contribution in [0.1, 0.15) is 38.2 Å². The van der Waals surface area contributed by atoms with Gasteiger partial charge in [0.1, 0.15) is 0 Å². The second-order valence-electron chi connectivity index (χ2n) is 4.44. The van der Waals surface area contributed by atoms with E-state index in [1.807, 2.05) is 12.1 Å². The molecule has 1 rings (SSSR count). The molecule has 1 aromatic carbocycles. The van der Waals surface area contributed by atoms with Crippen LogP contribution in [0.15, 0.2) is 29.2 Å². The van der Waals surface area contributed by atoms with Gasteiger partial charge in [-0.3, -0.25) is 0 Å². The molecule has 0 spiro atoms. The summed E-state index contributed by atoms with van der Waals surface area (Å²) in [5.74, 6) is 0.666. The largest absolute Gasteiger partial charge is 0.224 e. The first-order valence-electron chi connectivity index (χ1n) is 5.86. The monoisotopic (exact) mass is 318 g/mol. The number of alkyl halides is 1. The number of sulfone groups is 1. The van der Waals surface area contributed by atoms with Crippen molar-refractivity contribution >= 4 is 25.8 Å². The molecule has 0 aliphatic heterocycles. The molecule has 0 heterocycles. The van der Waals surface area contributed by atoms with E-state index in [9.17, 15) is 8.42 Å². The zero-order valence-corrected chi connectivity index (χ0v) is 12.7. The number of rotatable bonds is 6. The van der Waals surface area contributed by atoms with Crippen molar-refractivity contribution in [2.75, 3.05) is 11.1 Å². The summed E-state index contributed by atoms with van der Waals surface area (Å²) < 4.78 is 23.9. The van der Waals surface area contributed by atoms with Gasteiger partial charge in [0, 0.05) is 5.33 Å². The van der Waals surface area contributed by atoms with Gasteiger partial charge in [-0.05, 0) is 36.5 Å². The topological polar surface area (TPSA) is 34.1 Å². The van der Waals surface area contributed by atoms with Gasteiger partial charge >= 0.3 is 0 Å². The van der Waals surface area contributed by atoms with Gasteiger partial charge in [0.15, 0.2) is 9.84 Å². The Morgan fingerprint density at radius 1 is 1.12 bits per heavy atom. The molecule has 0 aromatic heterocycles. The maximum absolute atomic E-state index is 12.0. The van der Waals surface area contributed by atoms with Crippen molar-refractivity contribution in [2.45, 2.75) is 37.5 Å². The van der Waals surface area contributed by atoms with Crippen molar-refractivity contribution in [2.24, 2.45) is 0 Å². The quantitative estimate of drug-likeness (QED) is 0.591. The lowest BCUT2D eigenvalue weighted by Gasteiger charge is -2.07. The van der Waals surface area contributed by atoms with Crippen LogP contribution in [-0.2, 0) is 9.84 Å². The van der Waals surface area contributed by atoms with Crippen molar-refractivity contribution in [1.82, 2.24) is 0 Å². The summed E-state index contributed by atoms with van der Waals surface area (Å²) in [4.78, 5) is 0.441. The van der Waals surface area contributed by atoms with E-state index in [1.54, 1.807) is 12.1 Å². The highest BCUT2D eigenvalue weighted by Crippen LogP contribution is 2.18. The van der Waals surface area contributed by atoms with Crippen LogP contribution in [0.25, 0.3) is 0 Å². The van der Waals surface area contributed by atoms with E-state index in [2.05, 4.69) is 29.8 Å². The van der Waals surface area contributed by atoms with Gasteiger partial charge in [0.25, 0.3) is 0 Å². The van der Waals surface area contributed by atoms with Crippen molar-refractivity contribution in [1.29, 1.82) is 0 Å². The van der Waals surface area contributed by atoms with E-state index in [1.165, 1.54) is 5.56 Å². The molecule has 0 aliphatic carbocycles. The van der Waals surface area contributed by atoms with Gasteiger partial charge in [-0.2, -0.15) is 0 Å². The van der Waals surface area contributed by atoms with Gasteiger partial charge in [-0.15, -0.1) is 0 Å². The van der Waals surface area contributed by atoms with Gasteiger partial charge in [0.05, 0.1) is 10.6 Å². The van der Waals surface area contributed by atoms with E-state index in [4.69, 9.17) is 0 Å². The van der Waals surface area contributed by atoms with Crippen LogP contribution >= 0.6 is 15.9 Å². The number of unbranched alkanes of at least 4 members (excludes halogenated alkanes) is 1. The van der Waals surface area contributed by atoms with Crippen LogP contribution < -0.4 is 0 Å². The predicted molar refractivity (Wildman–Crippen MR) is 75.6 cm³/mol. The highest BCUT2D eigenvalue weighted by Gasteiger charge is 2.13. The zero-order chi connectivity index (χ0) is 12.9. The zero-order valence-electron chi connectivity index (χ0n) is 10.3. The highest BCUT2D eigenvalue weighted by atomic mass is 79.9. The molecule has 0 fully saturated rings. The predicted octanol–water partition coefficient (Wildman–Crippen LogP) is 3.76. The van der Waals surface area contributed by atoms with Gasteiger partial charge in [-0.1, -0.05) is 41.9 Å². The molecule has 0 aliphatic rings. The first kappa shape index (κ1) is 14.7. The lowest BCUT2D eigenvalue weighted by atomic mass is 10.0. The van der Waals surface area contributed by atoms with Crippen LogP contribution in [0.2, 0.25) is 0 Å². The van der Waals surface area contributed by atoms with Crippen LogP contribution in [0, 0.1) is 0 Å². The minimum absolute atomic E-state index is 0.236. The molecule has 0 saturated carbocycles. The molecule has 4 heteroatoms. The number of hydrogen-bond acceptors (Lipinski definition) is 2. The molecular formula is C13H19BrO2S. The fourth-order valence-electron chi connectivity index (χ4n) is 1.56. The summed E-state index contributed by atoms with van der Waals surface area (Å²) in [7, 11) is -3.10. The summed E-state index contributed by atoms with van der Waals surface area (Å²) >= 11 is 3.30. The average Bonchev–Trinajstić information content (AvgIpc) is 2.29. The first-order valence-corrected chi connectivity index (χ1v) is 8.63. The molecule has 0 unspecified atom stereocenters. The Labute approximate surface area is 112 Å². The highest BCUT2D eigenvalue weighted by molar-refractivity contribution is 9.09. The summed E-state index contributed by atoms with van der Waals surface area (Å²) in [6, 6.07) is 7.25. The lowest BCUT2D eigenvalue weighted by Crippen LogP contribution is -2.07. The Morgan fingerprint density at radius 2 is 1.71 bits per heavy atom. The minimum atomic E-state index is -3.10. The van der Waals surface area contributed by atoms with E-state index in [0.717, 1.165) is 11.8 Å². The van der Waals surface area contributed by atoms with Crippen LogP contribution in [0.3, 0.4) is 0 Å². The van der Waals surface area contributed by atoms with E-state index in [-0.39, 0.29) is 5.75 Å².